The SMILES string of the molecule is CN(CCCNC(=O)CCSCc1nc2sc3c(c2c(=O)[nH]1)CCC3)CC(F)(F)F. The van der Waals surface area contributed by atoms with Crippen molar-refractivity contribution in [3.63, 3.8) is 0 Å². The minimum absolute atomic E-state index is 0.0803. The van der Waals surface area contributed by atoms with Crippen LogP contribution in [0.4, 0.5) is 13.2 Å². The predicted octanol–water partition coefficient (Wildman–Crippen LogP) is 3.10. The first-order chi connectivity index (χ1) is 14.2. The van der Waals surface area contributed by atoms with Crippen molar-refractivity contribution in [1.29, 1.82) is 0 Å². The van der Waals surface area contributed by atoms with Gasteiger partial charge in [-0.15, -0.1) is 11.3 Å². The molecule has 0 radical (unpaired) electrons. The van der Waals surface area contributed by atoms with Crippen LogP contribution >= 0.6 is 23.1 Å². The number of H-pyrrole nitrogens is 1. The minimum Gasteiger partial charge on any atom is -0.356 e. The molecule has 2 N–H and O–H groups in total. The number of alkyl halides is 3. The van der Waals surface area contributed by atoms with Gasteiger partial charge in [0.05, 0.1) is 17.7 Å². The molecule has 0 bridgehead atoms. The number of thiophene rings is 1. The molecule has 0 unspecified atom stereocenters. The van der Waals surface area contributed by atoms with Gasteiger partial charge in [-0.3, -0.25) is 14.5 Å². The molecule has 11 heteroatoms. The summed E-state index contributed by atoms with van der Waals surface area (Å²) in [4.78, 5) is 34.9. The average molecular weight is 463 g/mol. The number of carbonyl (C=O) groups excluding carboxylic acids is 1. The lowest BCUT2D eigenvalue weighted by Gasteiger charge is -2.18. The summed E-state index contributed by atoms with van der Waals surface area (Å²) in [5.41, 5.74) is 1.08. The Balaban J connectivity index is 1.34. The van der Waals surface area contributed by atoms with E-state index < -0.39 is 12.7 Å². The summed E-state index contributed by atoms with van der Waals surface area (Å²) in [6, 6.07) is 0. The van der Waals surface area contributed by atoms with Crippen molar-refractivity contribution in [2.24, 2.45) is 0 Å². The van der Waals surface area contributed by atoms with Crippen LogP contribution in [0.2, 0.25) is 0 Å². The summed E-state index contributed by atoms with van der Waals surface area (Å²) in [5, 5.41) is 3.46. The lowest BCUT2D eigenvalue weighted by Crippen LogP contribution is -2.33. The Labute approximate surface area is 180 Å². The zero-order chi connectivity index (χ0) is 21.7. The molecule has 2 aromatic heterocycles. The number of amides is 1. The van der Waals surface area contributed by atoms with Gasteiger partial charge in [0.25, 0.3) is 5.56 Å². The van der Waals surface area contributed by atoms with E-state index >= 15 is 0 Å². The Kier molecular flexibility index (Phi) is 7.81. The van der Waals surface area contributed by atoms with Gasteiger partial charge in [0.15, 0.2) is 0 Å². The molecule has 0 saturated heterocycles. The second-order valence-electron chi connectivity index (χ2n) is 7.41. The van der Waals surface area contributed by atoms with Gasteiger partial charge >= 0.3 is 6.18 Å². The fraction of sp³-hybridized carbons (Fsp3) is 0.632. The molecule has 1 aliphatic carbocycles. The highest BCUT2D eigenvalue weighted by molar-refractivity contribution is 7.98. The number of aryl methyl sites for hydroxylation is 2. The minimum atomic E-state index is -4.21. The Bertz CT molecular complexity index is 942. The highest BCUT2D eigenvalue weighted by Crippen LogP contribution is 2.34. The summed E-state index contributed by atoms with van der Waals surface area (Å²) < 4.78 is 36.7. The third kappa shape index (κ3) is 6.45. The smallest absolute Gasteiger partial charge is 0.356 e. The van der Waals surface area contributed by atoms with Crippen molar-refractivity contribution < 1.29 is 18.0 Å². The molecule has 0 spiro atoms. The lowest BCUT2D eigenvalue weighted by molar-refractivity contribution is -0.143. The van der Waals surface area contributed by atoms with Gasteiger partial charge < -0.3 is 10.3 Å². The first kappa shape index (κ1) is 23.1. The van der Waals surface area contributed by atoms with Crippen LogP contribution in [0.1, 0.15) is 35.5 Å². The van der Waals surface area contributed by atoms with Crippen molar-refractivity contribution in [3.8, 4) is 0 Å². The number of thioether (sulfide) groups is 1. The Hall–Kier alpha value is -1.59. The van der Waals surface area contributed by atoms with Crippen molar-refractivity contribution in [1.82, 2.24) is 20.2 Å². The van der Waals surface area contributed by atoms with E-state index in [1.807, 2.05) is 0 Å². The number of aromatic nitrogens is 2. The van der Waals surface area contributed by atoms with Crippen molar-refractivity contribution in [3.05, 3.63) is 26.6 Å². The number of hydrogen-bond acceptors (Lipinski definition) is 6. The Morgan fingerprint density at radius 1 is 1.37 bits per heavy atom. The summed E-state index contributed by atoms with van der Waals surface area (Å²) in [5.74, 6) is 1.57. The number of rotatable bonds is 10. The Morgan fingerprint density at radius 3 is 2.93 bits per heavy atom. The molecular formula is C19H25F3N4O2S2. The zero-order valence-electron chi connectivity index (χ0n) is 16.7. The van der Waals surface area contributed by atoms with Crippen LogP contribution in [0, 0.1) is 0 Å². The van der Waals surface area contributed by atoms with E-state index in [1.54, 1.807) is 11.3 Å². The molecule has 0 fully saturated rings. The first-order valence-electron chi connectivity index (χ1n) is 9.86. The van der Waals surface area contributed by atoms with Crippen LogP contribution in [0.25, 0.3) is 10.2 Å². The van der Waals surface area contributed by atoms with E-state index in [0.717, 1.165) is 35.0 Å². The third-order valence-electron chi connectivity index (χ3n) is 4.82. The van der Waals surface area contributed by atoms with Gasteiger partial charge in [0.2, 0.25) is 5.91 Å². The number of nitrogens with zero attached hydrogens (tertiary/aromatic N) is 2. The molecule has 30 heavy (non-hydrogen) atoms. The van der Waals surface area contributed by atoms with Crippen LogP contribution in [0.3, 0.4) is 0 Å². The highest BCUT2D eigenvalue weighted by Gasteiger charge is 2.28. The van der Waals surface area contributed by atoms with Gasteiger partial charge in [-0.05, 0) is 44.8 Å². The second-order valence-corrected chi connectivity index (χ2v) is 9.60. The molecule has 2 aromatic rings. The summed E-state index contributed by atoms with van der Waals surface area (Å²) in [6.07, 6.45) is -0.372. The van der Waals surface area contributed by atoms with Gasteiger partial charge in [0, 0.05) is 23.6 Å². The normalized spacial score (nSPS) is 13.9. The summed E-state index contributed by atoms with van der Waals surface area (Å²) in [6.45, 7) is -0.337. The monoisotopic (exact) mass is 462 g/mol. The number of fused-ring (bicyclic) bond motifs is 3. The highest BCUT2D eigenvalue weighted by atomic mass is 32.2. The van der Waals surface area contributed by atoms with Crippen molar-refractivity contribution >= 4 is 39.2 Å². The molecule has 3 rings (SSSR count). The molecule has 0 saturated carbocycles. The van der Waals surface area contributed by atoms with Crippen LogP contribution in [-0.4, -0.2) is 59.4 Å². The standard InChI is InChI=1S/C19H25F3N4O2S2/c1-26(11-19(20,21)22)8-3-7-23-15(27)6-9-29-10-14-24-17(28)16-12-4-2-5-13(12)30-18(16)25-14/h2-11H2,1H3,(H,23,27)(H,24,25,28). The third-order valence-corrected chi connectivity index (χ3v) is 6.98. The maximum atomic E-state index is 12.4. The predicted molar refractivity (Wildman–Crippen MR) is 114 cm³/mol. The van der Waals surface area contributed by atoms with Crippen LogP contribution in [0.15, 0.2) is 4.79 Å². The first-order valence-corrected chi connectivity index (χ1v) is 11.8. The fourth-order valence-corrected chi connectivity index (χ4v) is 5.58. The number of halogens is 3. The number of nitrogens with one attached hydrogen (secondary N) is 2. The molecule has 0 aromatic carbocycles. The average Bonchev–Trinajstić information content (AvgIpc) is 3.21. The molecule has 2 heterocycles. The number of aromatic amines is 1. The molecule has 0 atom stereocenters. The largest absolute Gasteiger partial charge is 0.401 e. The molecule has 166 valence electrons. The molecule has 1 aliphatic rings. The quantitative estimate of drug-likeness (QED) is 0.531. The van der Waals surface area contributed by atoms with Crippen molar-refractivity contribution in [2.45, 2.75) is 44.0 Å². The maximum Gasteiger partial charge on any atom is 0.401 e. The zero-order valence-corrected chi connectivity index (χ0v) is 18.4. The summed E-state index contributed by atoms with van der Waals surface area (Å²) in [7, 11) is 1.41. The van der Waals surface area contributed by atoms with Crippen molar-refractivity contribution in [2.75, 3.05) is 32.4 Å². The van der Waals surface area contributed by atoms with Gasteiger partial charge in [-0.2, -0.15) is 24.9 Å². The molecule has 0 aliphatic heterocycles. The van der Waals surface area contributed by atoms with E-state index in [9.17, 15) is 22.8 Å². The van der Waals surface area contributed by atoms with E-state index in [4.69, 9.17) is 0 Å². The fourth-order valence-electron chi connectivity index (χ4n) is 3.50. The molecule has 6 nitrogen and oxygen atoms in total. The number of carbonyl (C=O) groups is 1. The van der Waals surface area contributed by atoms with Gasteiger partial charge in [-0.1, -0.05) is 0 Å². The second kappa shape index (κ2) is 10.1. The molecular weight excluding hydrogens is 437 g/mol. The maximum absolute atomic E-state index is 12.4. The van der Waals surface area contributed by atoms with Gasteiger partial charge in [0.1, 0.15) is 10.7 Å². The molecule has 1 amide bonds. The van der Waals surface area contributed by atoms with E-state index in [-0.39, 0.29) is 18.0 Å². The lowest BCUT2D eigenvalue weighted by atomic mass is 10.2. The van der Waals surface area contributed by atoms with Crippen LogP contribution < -0.4 is 10.9 Å². The topological polar surface area (TPSA) is 78.1 Å². The van der Waals surface area contributed by atoms with Crippen LogP contribution in [0.5, 0.6) is 0 Å². The van der Waals surface area contributed by atoms with Crippen LogP contribution in [-0.2, 0) is 23.4 Å². The van der Waals surface area contributed by atoms with Gasteiger partial charge in [-0.25, -0.2) is 4.98 Å². The number of hydrogen-bond donors (Lipinski definition) is 2. The Morgan fingerprint density at radius 2 is 2.17 bits per heavy atom. The van der Waals surface area contributed by atoms with E-state index in [0.29, 0.717) is 36.7 Å². The van der Waals surface area contributed by atoms with E-state index in [1.165, 1.54) is 28.6 Å². The summed E-state index contributed by atoms with van der Waals surface area (Å²) >= 11 is 3.12. The van der Waals surface area contributed by atoms with E-state index in [2.05, 4.69) is 15.3 Å².